The summed E-state index contributed by atoms with van der Waals surface area (Å²) in [5.74, 6) is -0.456. The Balaban J connectivity index is -0.000000534. The molecule has 0 bridgehead atoms. The van der Waals surface area contributed by atoms with Crippen molar-refractivity contribution in [3.8, 4) is 0 Å². The maximum atomic E-state index is 11.6. The molecule has 0 heterocycles. The normalized spacial score (nSPS) is 11.9. The molecular formula is C27H53N2O10P. The van der Waals surface area contributed by atoms with Crippen LogP contribution in [-0.4, -0.2) is 78.9 Å². The minimum atomic E-state index is -4.46. The van der Waals surface area contributed by atoms with Gasteiger partial charge in [0.15, 0.2) is 0 Å². The lowest BCUT2D eigenvalue weighted by Crippen LogP contribution is -2.38. The second-order valence-corrected chi connectivity index (χ2v) is 11.9. The van der Waals surface area contributed by atoms with E-state index >= 15 is 0 Å². The first kappa shape index (κ1) is 42.2. The largest absolute Gasteiger partial charge is 0.469 e. The zero-order chi connectivity index (χ0) is 32.3. The Morgan fingerprint density at radius 3 is 1.77 bits per heavy atom. The molecule has 0 rings (SSSR count). The van der Waals surface area contributed by atoms with E-state index in [4.69, 9.17) is 19.3 Å². The molecule has 40 heavy (non-hydrogen) atoms. The average molecular weight is 597 g/mol. The number of phosphoric acid groups is 1. The van der Waals surface area contributed by atoms with Crippen molar-refractivity contribution in [1.82, 2.24) is 10.2 Å². The van der Waals surface area contributed by atoms with Gasteiger partial charge in [-0.3, -0.25) is 18.9 Å². The maximum absolute atomic E-state index is 11.6. The quantitative estimate of drug-likeness (QED) is 0.116. The molecule has 13 heteroatoms. The van der Waals surface area contributed by atoms with Gasteiger partial charge in [0.05, 0.1) is 18.6 Å². The molecule has 12 nitrogen and oxygen atoms in total. The van der Waals surface area contributed by atoms with Gasteiger partial charge >= 0.3 is 19.8 Å². The topological polar surface area (TPSA) is 169 Å². The predicted octanol–water partition coefficient (Wildman–Crippen LogP) is 3.85. The number of phosphoric ester groups is 1. The first-order chi connectivity index (χ1) is 18.1. The molecule has 0 aromatic heterocycles. The van der Waals surface area contributed by atoms with Crippen molar-refractivity contribution in [3.63, 3.8) is 0 Å². The fourth-order valence-electron chi connectivity index (χ4n) is 2.08. The molecule has 0 fully saturated rings. The summed E-state index contributed by atoms with van der Waals surface area (Å²) in [7, 11) is -0.892. The van der Waals surface area contributed by atoms with Gasteiger partial charge in [0.1, 0.15) is 13.2 Å². The molecule has 0 aromatic carbocycles. The molecular weight excluding hydrogens is 543 g/mol. The Kier molecular flexibility index (Phi) is 21.7. The van der Waals surface area contributed by atoms with E-state index in [0.717, 1.165) is 12.8 Å². The van der Waals surface area contributed by atoms with Crippen molar-refractivity contribution in [1.29, 1.82) is 0 Å². The van der Waals surface area contributed by atoms with Crippen molar-refractivity contribution in [2.75, 3.05) is 40.5 Å². The first-order valence-electron chi connectivity index (χ1n) is 13.3. The highest BCUT2D eigenvalue weighted by molar-refractivity contribution is 7.46. The number of esters is 2. The van der Waals surface area contributed by atoms with E-state index in [2.05, 4.69) is 16.4 Å². The number of nitrogens with one attached hydrogen (secondary N) is 1. The zero-order valence-electron chi connectivity index (χ0n) is 26.3. The molecule has 0 spiro atoms. The molecule has 2 amide bonds. The molecule has 236 valence electrons. The molecule has 0 aromatic rings. The molecule has 0 aliphatic heterocycles. The maximum Gasteiger partial charge on any atom is 0.469 e. The summed E-state index contributed by atoms with van der Waals surface area (Å²) < 4.78 is 24.0. The average Bonchev–Trinajstić information content (AvgIpc) is 2.87. The minimum absolute atomic E-state index is 0.0265. The third kappa shape index (κ3) is 21.5. The van der Waals surface area contributed by atoms with Crippen LogP contribution in [0, 0.1) is 16.7 Å². The van der Waals surface area contributed by atoms with E-state index in [1.54, 1.807) is 39.8 Å². The van der Waals surface area contributed by atoms with Gasteiger partial charge in [-0.1, -0.05) is 48.1 Å². The highest BCUT2D eigenvalue weighted by atomic mass is 31.2. The van der Waals surface area contributed by atoms with Crippen LogP contribution in [0.3, 0.4) is 0 Å². The van der Waals surface area contributed by atoms with Crippen molar-refractivity contribution >= 4 is 31.6 Å². The lowest BCUT2D eigenvalue weighted by atomic mass is 9.89. The highest BCUT2D eigenvalue weighted by Crippen LogP contribution is 2.35. The van der Waals surface area contributed by atoms with E-state index in [0.29, 0.717) is 18.5 Å². The summed E-state index contributed by atoms with van der Waals surface area (Å²) in [4.78, 5) is 63.3. The summed E-state index contributed by atoms with van der Waals surface area (Å²) in [6, 6.07) is 0. The molecule has 3 N–H and O–H groups in total. The van der Waals surface area contributed by atoms with Gasteiger partial charge in [-0.15, -0.1) is 0 Å². The molecule has 0 radical (unpaired) electrons. The summed E-state index contributed by atoms with van der Waals surface area (Å²) in [6.45, 7) is 20.1. The van der Waals surface area contributed by atoms with Gasteiger partial charge in [0.25, 0.3) is 0 Å². The van der Waals surface area contributed by atoms with E-state index in [1.807, 2.05) is 41.5 Å². The number of hydrogen-bond acceptors (Lipinski definition) is 8. The van der Waals surface area contributed by atoms with Gasteiger partial charge in [-0.2, -0.15) is 0 Å². The van der Waals surface area contributed by atoms with Crippen molar-refractivity contribution in [3.05, 3.63) is 12.2 Å². The summed E-state index contributed by atoms with van der Waals surface area (Å²) in [6.07, 6.45) is 2.33. The van der Waals surface area contributed by atoms with Crippen molar-refractivity contribution in [2.24, 2.45) is 16.7 Å². The summed E-state index contributed by atoms with van der Waals surface area (Å²) in [5, 5.41) is 2.72. The van der Waals surface area contributed by atoms with Crippen LogP contribution >= 0.6 is 7.82 Å². The summed E-state index contributed by atoms with van der Waals surface area (Å²) in [5.41, 5.74) is -0.597. The van der Waals surface area contributed by atoms with Crippen molar-refractivity contribution in [2.45, 2.75) is 81.6 Å². The molecule has 1 unspecified atom stereocenters. The number of amides is 2. The second kappa shape index (κ2) is 20.6. The van der Waals surface area contributed by atoms with Gasteiger partial charge in [-0.05, 0) is 40.0 Å². The number of rotatable bonds is 14. The Morgan fingerprint density at radius 1 is 0.925 bits per heavy atom. The van der Waals surface area contributed by atoms with Crippen LogP contribution in [0.1, 0.15) is 81.6 Å². The van der Waals surface area contributed by atoms with E-state index in [1.165, 1.54) is 0 Å². The van der Waals surface area contributed by atoms with Crippen molar-refractivity contribution < 1.29 is 47.5 Å². The monoisotopic (exact) mass is 596 g/mol. The fraction of sp³-hybridized carbons (Fsp3) is 0.778. The Bertz CT molecular complexity index is 850. The Labute approximate surface area is 240 Å². The second-order valence-electron chi connectivity index (χ2n) is 10.6. The van der Waals surface area contributed by atoms with E-state index < -0.39 is 25.2 Å². The number of hydrogen-bond donors (Lipinski definition) is 3. The van der Waals surface area contributed by atoms with Gasteiger partial charge in [0.2, 0.25) is 11.8 Å². The van der Waals surface area contributed by atoms with Gasteiger partial charge < -0.3 is 29.5 Å². The van der Waals surface area contributed by atoms with Crippen LogP contribution in [-0.2, 0) is 37.7 Å². The zero-order valence-corrected chi connectivity index (χ0v) is 27.2. The Hall–Kier alpha value is -2.27. The Morgan fingerprint density at radius 2 is 1.43 bits per heavy atom. The lowest BCUT2D eigenvalue weighted by molar-refractivity contribution is -0.155. The lowest BCUT2D eigenvalue weighted by Gasteiger charge is -2.21. The number of carbonyl (C=O) groups is 4. The predicted molar refractivity (Wildman–Crippen MR) is 154 cm³/mol. The smallest absolute Gasteiger partial charge is 0.463 e. The molecule has 0 aliphatic rings. The fourth-order valence-corrected chi connectivity index (χ4v) is 2.39. The molecule has 1 atom stereocenters. The molecule has 0 saturated carbocycles. The number of ether oxygens (including phenoxy) is 2. The van der Waals surface area contributed by atoms with Gasteiger partial charge in [-0.25, -0.2) is 9.36 Å². The van der Waals surface area contributed by atoms with Crippen LogP contribution < -0.4 is 5.32 Å². The highest BCUT2D eigenvalue weighted by Gasteiger charge is 2.27. The molecule has 0 saturated heterocycles. The number of carbonyl (C=O) groups excluding carboxylic acids is 4. The van der Waals surface area contributed by atoms with Crippen LogP contribution in [0.25, 0.3) is 0 Å². The van der Waals surface area contributed by atoms with Crippen LogP contribution in [0.5, 0.6) is 0 Å². The molecule has 0 aliphatic carbocycles. The SMILES string of the molecule is C=C(C)C(=O)OCCNC(=O)C(C)(C)CC.CCC(C)(C)C(=O)OCCOP(=O)(O)O.CCC(C)C(=O)N(C)C. The third-order valence-corrected chi connectivity index (χ3v) is 6.47. The minimum Gasteiger partial charge on any atom is -0.463 e. The van der Waals surface area contributed by atoms with E-state index in [-0.39, 0.29) is 43.0 Å². The van der Waals surface area contributed by atoms with Gasteiger partial charge in [0, 0.05) is 31.0 Å². The third-order valence-electron chi connectivity index (χ3n) is 5.95. The standard InChI is InChI=1S/C12H21NO3.C8H17O6P.C7H15NO/c1-6-12(4,5)11(15)13-7-8-16-10(14)9(2)3;1-4-8(2,3)7(9)13-5-6-14-15(10,11)12;1-5-6(2)7(9)8(3)4/h2,6-8H2,1,3-5H3,(H,13,15);4-6H2,1-3H3,(H2,10,11,12);6H,5H2,1-4H3. The summed E-state index contributed by atoms with van der Waals surface area (Å²) >= 11 is 0. The van der Waals surface area contributed by atoms with Crippen LogP contribution in [0.15, 0.2) is 12.2 Å². The first-order valence-corrected chi connectivity index (χ1v) is 14.8. The number of nitrogens with zero attached hydrogens (tertiary/aromatic N) is 1. The van der Waals surface area contributed by atoms with Crippen LogP contribution in [0.4, 0.5) is 0 Å². The van der Waals surface area contributed by atoms with E-state index in [9.17, 15) is 23.7 Å². The van der Waals surface area contributed by atoms with Crippen LogP contribution in [0.2, 0.25) is 0 Å².